The Morgan fingerprint density at radius 1 is 1.15 bits per heavy atom. The molecule has 0 aliphatic heterocycles. The van der Waals surface area contributed by atoms with E-state index in [0.717, 1.165) is 23.9 Å². The van der Waals surface area contributed by atoms with Gasteiger partial charge >= 0.3 is 0 Å². The molecule has 26 heavy (non-hydrogen) atoms. The third-order valence-electron chi connectivity index (χ3n) is 5.04. The predicted octanol–water partition coefficient (Wildman–Crippen LogP) is 4.10. The molecule has 0 saturated heterocycles. The molecule has 5 nitrogen and oxygen atoms in total. The maximum atomic E-state index is 4.72. The number of aryl methyl sites for hydroxylation is 1. The average Bonchev–Trinajstić information content (AvgIpc) is 2.94. The normalized spacial score (nSPS) is 15.4. The van der Waals surface area contributed by atoms with E-state index >= 15 is 0 Å². The molecular formula is C20H30IN5. The second-order valence-corrected chi connectivity index (χ2v) is 6.80. The summed E-state index contributed by atoms with van der Waals surface area (Å²) in [5.41, 5.74) is 4.56. The number of guanidine groups is 1. The lowest BCUT2D eigenvalue weighted by Crippen LogP contribution is -2.43. The Hall–Kier alpha value is -1.57. The van der Waals surface area contributed by atoms with Crippen molar-refractivity contribution in [2.24, 2.45) is 4.99 Å². The highest BCUT2D eigenvalue weighted by molar-refractivity contribution is 14.0. The molecule has 0 atom stereocenters. The van der Waals surface area contributed by atoms with E-state index in [0.29, 0.717) is 6.04 Å². The molecule has 1 aromatic heterocycles. The number of aliphatic imine (C=N–C) groups is 1. The van der Waals surface area contributed by atoms with Gasteiger partial charge in [0, 0.05) is 30.9 Å². The van der Waals surface area contributed by atoms with Gasteiger partial charge in [-0.05, 0) is 38.8 Å². The fourth-order valence-electron chi connectivity index (χ4n) is 3.56. The van der Waals surface area contributed by atoms with Gasteiger partial charge in [-0.1, -0.05) is 37.5 Å². The zero-order valence-corrected chi connectivity index (χ0v) is 18.3. The Balaban J connectivity index is 0.00000243. The molecule has 0 unspecified atom stereocenters. The fraction of sp³-hybridized carbons (Fsp3) is 0.500. The standard InChI is InChI=1S/C20H29N5.HI/c1-15-19(16(2)25(24-15)18-12-8-5-9-13-18)14-22-20(21-3)23-17-10-6-4-7-11-17;/h5,8-9,12-13,17H,4,6-7,10-11,14H2,1-3H3,(H2,21,22,23);1H. The number of halogens is 1. The van der Waals surface area contributed by atoms with Crippen LogP contribution in [0.4, 0.5) is 0 Å². The molecule has 142 valence electrons. The van der Waals surface area contributed by atoms with Gasteiger partial charge in [-0.2, -0.15) is 5.10 Å². The molecule has 2 aromatic rings. The molecule has 0 bridgehead atoms. The summed E-state index contributed by atoms with van der Waals surface area (Å²) in [6.45, 7) is 4.93. The van der Waals surface area contributed by atoms with E-state index < -0.39 is 0 Å². The molecule has 6 heteroatoms. The fourth-order valence-corrected chi connectivity index (χ4v) is 3.56. The molecule has 0 spiro atoms. The topological polar surface area (TPSA) is 54.2 Å². The van der Waals surface area contributed by atoms with Crippen molar-refractivity contribution in [1.29, 1.82) is 0 Å². The average molecular weight is 467 g/mol. The minimum Gasteiger partial charge on any atom is -0.354 e. The predicted molar refractivity (Wildman–Crippen MR) is 119 cm³/mol. The SMILES string of the molecule is CN=C(NCc1c(C)nn(-c2ccccc2)c1C)NC1CCCCC1.I. The van der Waals surface area contributed by atoms with Gasteiger partial charge in [0.1, 0.15) is 0 Å². The Labute approximate surface area is 173 Å². The van der Waals surface area contributed by atoms with Gasteiger partial charge in [0.2, 0.25) is 0 Å². The van der Waals surface area contributed by atoms with E-state index in [4.69, 9.17) is 5.10 Å². The van der Waals surface area contributed by atoms with Gasteiger partial charge in [-0.15, -0.1) is 24.0 Å². The molecule has 0 amide bonds. The van der Waals surface area contributed by atoms with Crippen molar-refractivity contribution in [2.75, 3.05) is 7.05 Å². The lowest BCUT2D eigenvalue weighted by molar-refractivity contribution is 0.410. The monoisotopic (exact) mass is 467 g/mol. The highest BCUT2D eigenvalue weighted by atomic mass is 127. The number of hydrogen-bond donors (Lipinski definition) is 2. The van der Waals surface area contributed by atoms with Gasteiger partial charge < -0.3 is 10.6 Å². The minimum absolute atomic E-state index is 0. The summed E-state index contributed by atoms with van der Waals surface area (Å²) in [7, 11) is 1.84. The van der Waals surface area contributed by atoms with Crippen LogP contribution in [0.2, 0.25) is 0 Å². The molecule has 1 fully saturated rings. The first kappa shape index (κ1) is 20.7. The molecule has 1 heterocycles. The molecule has 1 aliphatic carbocycles. The van der Waals surface area contributed by atoms with Gasteiger partial charge in [-0.3, -0.25) is 4.99 Å². The Kier molecular flexibility index (Phi) is 7.93. The minimum atomic E-state index is 0. The van der Waals surface area contributed by atoms with E-state index in [1.54, 1.807) is 0 Å². The summed E-state index contributed by atoms with van der Waals surface area (Å²) in [4.78, 5) is 4.39. The van der Waals surface area contributed by atoms with Gasteiger partial charge in [0.25, 0.3) is 0 Å². The largest absolute Gasteiger partial charge is 0.354 e. The number of nitrogens with one attached hydrogen (secondary N) is 2. The maximum Gasteiger partial charge on any atom is 0.191 e. The van der Waals surface area contributed by atoms with Crippen molar-refractivity contribution in [2.45, 2.75) is 58.5 Å². The molecular weight excluding hydrogens is 437 g/mol. The van der Waals surface area contributed by atoms with Gasteiger partial charge in [-0.25, -0.2) is 4.68 Å². The highest BCUT2D eigenvalue weighted by Gasteiger charge is 2.16. The van der Waals surface area contributed by atoms with Crippen LogP contribution in [-0.4, -0.2) is 28.8 Å². The Morgan fingerprint density at radius 2 is 1.85 bits per heavy atom. The molecule has 1 aliphatic rings. The van der Waals surface area contributed by atoms with Crippen LogP contribution in [0.15, 0.2) is 35.3 Å². The lowest BCUT2D eigenvalue weighted by Gasteiger charge is -2.24. The van der Waals surface area contributed by atoms with E-state index in [-0.39, 0.29) is 24.0 Å². The van der Waals surface area contributed by atoms with Crippen LogP contribution >= 0.6 is 24.0 Å². The smallest absolute Gasteiger partial charge is 0.191 e. The summed E-state index contributed by atoms with van der Waals surface area (Å²) in [5, 5.41) is 11.7. The van der Waals surface area contributed by atoms with Gasteiger partial charge in [0.15, 0.2) is 5.96 Å². The van der Waals surface area contributed by atoms with Crippen molar-refractivity contribution in [3.8, 4) is 5.69 Å². The van der Waals surface area contributed by atoms with E-state index in [9.17, 15) is 0 Å². The van der Waals surface area contributed by atoms with E-state index in [2.05, 4.69) is 41.6 Å². The molecule has 0 radical (unpaired) electrons. The molecule has 1 aromatic carbocycles. The van der Waals surface area contributed by atoms with Crippen LogP contribution in [0.25, 0.3) is 5.69 Å². The maximum absolute atomic E-state index is 4.72. The zero-order chi connectivity index (χ0) is 17.6. The Morgan fingerprint density at radius 3 is 2.50 bits per heavy atom. The number of aromatic nitrogens is 2. The van der Waals surface area contributed by atoms with Crippen LogP contribution in [0.5, 0.6) is 0 Å². The summed E-state index contributed by atoms with van der Waals surface area (Å²) >= 11 is 0. The first-order valence-electron chi connectivity index (χ1n) is 9.26. The van der Waals surface area contributed by atoms with Crippen LogP contribution < -0.4 is 10.6 Å². The van der Waals surface area contributed by atoms with Crippen molar-refractivity contribution in [3.63, 3.8) is 0 Å². The number of para-hydroxylation sites is 1. The van der Waals surface area contributed by atoms with Crippen LogP contribution in [0.1, 0.15) is 49.1 Å². The lowest BCUT2D eigenvalue weighted by atomic mass is 9.96. The van der Waals surface area contributed by atoms with Crippen molar-refractivity contribution >= 4 is 29.9 Å². The van der Waals surface area contributed by atoms with Crippen molar-refractivity contribution in [3.05, 3.63) is 47.3 Å². The first-order chi connectivity index (χ1) is 12.2. The third-order valence-corrected chi connectivity index (χ3v) is 5.04. The summed E-state index contributed by atoms with van der Waals surface area (Å²) < 4.78 is 2.02. The van der Waals surface area contributed by atoms with E-state index in [1.807, 2.05) is 29.9 Å². The van der Waals surface area contributed by atoms with Crippen LogP contribution in [0.3, 0.4) is 0 Å². The number of hydrogen-bond acceptors (Lipinski definition) is 2. The van der Waals surface area contributed by atoms with E-state index in [1.165, 1.54) is 43.4 Å². The number of nitrogens with zero attached hydrogens (tertiary/aromatic N) is 3. The zero-order valence-electron chi connectivity index (χ0n) is 16.0. The summed E-state index contributed by atoms with van der Waals surface area (Å²) in [6, 6.07) is 10.8. The van der Waals surface area contributed by atoms with Gasteiger partial charge in [0.05, 0.1) is 11.4 Å². The Bertz CT molecular complexity index is 717. The van der Waals surface area contributed by atoms with Crippen molar-refractivity contribution in [1.82, 2.24) is 20.4 Å². The third kappa shape index (κ3) is 4.99. The number of rotatable bonds is 4. The second kappa shape index (κ2) is 9.94. The molecule has 1 saturated carbocycles. The second-order valence-electron chi connectivity index (χ2n) is 6.80. The van der Waals surface area contributed by atoms with Crippen LogP contribution in [-0.2, 0) is 6.54 Å². The van der Waals surface area contributed by atoms with Crippen LogP contribution in [0, 0.1) is 13.8 Å². The molecule has 3 rings (SSSR count). The quantitative estimate of drug-likeness (QED) is 0.405. The molecule has 2 N–H and O–H groups in total. The first-order valence-corrected chi connectivity index (χ1v) is 9.26. The summed E-state index contributed by atoms with van der Waals surface area (Å²) in [6.07, 6.45) is 6.48. The number of benzene rings is 1. The highest BCUT2D eigenvalue weighted by Crippen LogP contribution is 2.19. The van der Waals surface area contributed by atoms with Crippen molar-refractivity contribution < 1.29 is 0 Å². The summed E-state index contributed by atoms with van der Waals surface area (Å²) in [5.74, 6) is 0.887.